The monoisotopic (exact) mass is 244 g/mol. The molecule has 0 fully saturated rings. The fraction of sp³-hybridized carbons (Fsp3) is 0.308. The molecule has 0 aliphatic rings. The lowest BCUT2D eigenvalue weighted by molar-refractivity contribution is 0.222. The topological polar surface area (TPSA) is 73.9 Å². The summed E-state index contributed by atoms with van der Waals surface area (Å²) in [4.78, 5) is 12.4. The first-order valence-corrected chi connectivity index (χ1v) is 5.80. The van der Waals surface area contributed by atoms with E-state index in [1.165, 1.54) is 0 Å². The van der Waals surface area contributed by atoms with Crippen molar-refractivity contribution in [2.24, 2.45) is 0 Å². The van der Waals surface area contributed by atoms with Gasteiger partial charge in [0, 0.05) is 5.56 Å². The molecular formula is C13H16N4O. The Kier molecular flexibility index (Phi) is 3.41. The minimum absolute atomic E-state index is 0.00322. The molecule has 1 aromatic heterocycles. The molecule has 0 aliphatic heterocycles. The van der Waals surface area contributed by atoms with Crippen molar-refractivity contribution in [3.05, 3.63) is 29.8 Å². The largest absolute Gasteiger partial charge is 0.461 e. The van der Waals surface area contributed by atoms with E-state index in [2.05, 4.69) is 15.0 Å². The summed E-state index contributed by atoms with van der Waals surface area (Å²) >= 11 is 0. The highest BCUT2D eigenvalue weighted by Gasteiger charge is 2.10. The van der Waals surface area contributed by atoms with Gasteiger partial charge in [0.15, 0.2) is 5.82 Å². The van der Waals surface area contributed by atoms with Crippen molar-refractivity contribution in [2.75, 3.05) is 5.73 Å². The van der Waals surface area contributed by atoms with Crippen LogP contribution < -0.4 is 10.5 Å². The molecule has 0 spiro atoms. The molecule has 18 heavy (non-hydrogen) atoms. The Morgan fingerprint density at radius 3 is 2.50 bits per heavy atom. The van der Waals surface area contributed by atoms with E-state index >= 15 is 0 Å². The van der Waals surface area contributed by atoms with Crippen LogP contribution in [0.5, 0.6) is 6.01 Å². The number of nitrogens with two attached hydrogens (primary N) is 1. The number of hydrogen-bond acceptors (Lipinski definition) is 5. The quantitative estimate of drug-likeness (QED) is 0.896. The van der Waals surface area contributed by atoms with Gasteiger partial charge in [0.1, 0.15) is 0 Å². The molecule has 0 bridgehead atoms. The van der Waals surface area contributed by atoms with Crippen LogP contribution in [0.1, 0.15) is 19.4 Å². The second-order valence-electron chi connectivity index (χ2n) is 4.28. The highest BCUT2D eigenvalue weighted by atomic mass is 16.5. The van der Waals surface area contributed by atoms with Crippen LogP contribution in [0.25, 0.3) is 11.4 Å². The summed E-state index contributed by atoms with van der Waals surface area (Å²) in [6.07, 6.45) is -0.00322. The molecule has 0 unspecified atom stereocenters. The summed E-state index contributed by atoms with van der Waals surface area (Å²) in [7, 11) is 0. The first-order valence-electron chi connectivity index (χ1n) is 5.80. The zero-order valence-corrected chi connectivity index (χ0v) is 10.7. The van der Waals surface area contributed by atoms with E-state index in [0.717, 1.165) is 11.1 Å². The van der Waals surface area contributed by atoms with Crippen LogP contribution in [0.4, 0.5) is 5.95 Å². The van der Waals surface area contributed by atoms with Gasteiger partial charge < -0.3 is 10.5 Å². The number of aryl methyl sites for hydroxylation is 1. The van der Waals surface area contributed by atoms with Crippen molar-refractivity contribution in [3.8, 4) is 17.4 Å². The maximum absolute atomic E-state index is 5.68. The molecule has 1 aromatic carbocycles. The van der Waals surface area contributed by atoms with E-state index in [1.54, 1.807) is 0 Å². The third-order valence-electron chi connectivity index (χ3n) is 2.36. The second kappa shape index (κ2) is 5.00. The van der Waals surface area contributed by atoms with Gasteiger partial charge in [-0.15, -0.1) is 0 Å². The molecule has 0 saturated carbocycles. The summed E-state index contributed by atoms with van der Waals surface area (Å²) in [5.74, 6) is 0.704. The van der Waals surface area contributed by atoms with Crippen LogP contribution >= 0.6 is 0 Å². The predicted molar refractivity (Wildman–Crippen MR) is 70.2 cm³/mol. The standard InChI is InChI=1S/C13H16N4O/c1-8(2)18-13-16-11(15-12(14)17-13)10-7-5-4-6-9(10)3/h4-8H,1-3H3,(H2,14,15,16,17). The van der Waals surface area contributed by atoms with Gasteiger partial charge in [0.2, 0.25) is 5.95 Å². The Bertz CT molecular complexity index is 554. The number of rotatable bonds is 3. The van der Waals surface area contributed by atoms with Gasteiger partial charge in [-0.2, -0.15) is 15.0 Å². The lowest BCUT2D eigenvalue weighted by atomic mass is 10.1. The first kappa shape index (κ1) is 12.3. The van der Waals surface area contributed by atoms with Crippen molar-refractivity contribution in [3.63, 3.8) is 0 Å². The van der Waals surface area contributed by atoms with E-state index in [0.29, 0.717) is 5.82 Å². The third-order valence-corrected chi connectivity index (χ3v) is 2.36. The number of benzene rings is 1. The van der Waals surface area contributed by atoms with Gasteiger partial charge in [-0.1, -0.05) is 24.3 Å². The van der Waals surface area contributed by atoms with Crippen molar-refractivity contribution in [1.82, 2.24) is 15.0 Å². The lowest BCUT2D eigenvalue weighted by Gasteiger charge is -2.10. The SMILES string of the molecule is Cc1ccccc1-c1nc(N)nc(OC(C)C)n1. The van der Waals surface area contributed by atoms with Crippen molar-refractivity contribution in [1.29, 1.82) is 0 Å². The number of ether oxygens (including phenoxy) is 1. The molecule has 0 aliphatic carbocycles. The van der Waals surface area contributed by atoms with Gasteiger partial charge in [0.05, 0.1) is 6.10 Å². The zero-order chi connectivity index (χ0) is 13.1. The van der Waals surface area contributed by atoms with Crippen LogP contribution in [0, 0.1) is 6.92 Å². The smallest absolute Gasteiger partial charge is 0.322 e. The molecule has 5 nitrogen and oxygen atoms in total. The zero-order valence-electron chi connectivity index (χ0n) is 10.7. The van der Waals surface area contributed by atoms with E-state index in [9.17, 15) is 0 Å². The van der Waals surface area contributed by atoms with Crippen LogP contribution in [0.2, 0.25) is 0 Å². The minimum atomic E-state index is -0.00322. The molecule has 2 rings (SSSR count). The lowest BCUT2D eigenvalue weighted by Crippen LogP contribution is -2.11. The fourth-order valence-electron chi connectivity index (χ4n) is 1.58. The van der Waals surface area contributed by atoms with Gasteiger partial charge in [-0.25, -0.2) is 0 Å². The summed E-state index contributed by atoms with van der Waals surface area (Å²) in [5.41, 5.74) is 7.69. The van der Waals surface area contributed by atoms with Gasteiger partial charge in [0.25, 0.3) is 0 Å². The van der Waals surface area contributed by atoms with Gasteiger partial charge in [-0.05, 0) is 26.3 Å². The van der Waals surface area contributed by atoms with Crippen LogP contribution in [0.3, 0.4) is 0 Å². The van der Waals surface area contributed by atoms with Crippen LogP contribution in [-0.4, -0.2) is 21.1 Å². The van der Waals surface area contributed by atoms with Crippen molar-refractivity contribution in [2.45, 2.75) is 26.9 Å². The van der Waals surface area contributed by atoms with E-state index in [1.807, 2.05) is 45.0 Å². The Balaban J connectivity index is 2.45. The van der Waals surface area contributed by atoms with Gasteiger partial charge >= 0.3 is 6.01 Å². The summed E-state index contributed by atoms with van der Waals surface area (Å²) in [6.45, 7) is 5.82. The van der Waals surface area contributed by atoms with E-state index in [-0.39, 0.29) is 18.1 Å². The maximum atomic E-state index is 5.68. The molecule has 2 aromatic rings. The molecular weight excluding hydrogens is 228 g/mol. The third kappa shape index (κ3) is 2.74. The molecule has 0 radical (unpaired) electrons. The summed E-state index contributed by atoms with van der Waals surface area (Å²) < 4.78 is 5.45. The van der Waals surface area contributed by atoms with Crippen molar-refractivity contribution >= 4 is 5.95 Å². The molecule has 0 saturated heterocycles. The molecule has 0 atom stereocenters. The van der Waals surface area contributed by atoms with Crippen LogP contribution in [-0.2, 0) is 0 Å². The Hall–Kier alpha value is -2.17. The second-order valence-corrected chi connectivity index (χ2v) is 4.28. The van der Waals surface area contributed by atoms with E-state index in [4.69, 9.17) is 10.5 Å². The highest BCUT2D eigenvalue weighted by molar-refractivity contribution is 5.60. The summed E-state index contributed by atoms with van der Waals surface area (Å²) in [5, 5.41) is 0. The first-order chi connectivity index (χ1) is 8.56. The summed E-state index contributed by atoms with van der Waals surface area (Å²) in [6, 6.07) is 8.11. The Morgan fingerprint density at radius 1 is 1.11 bits per heavy atom. The fourth-order valence-corrected chi connectivity index (χ4v) is 1.58. The van der Waals surface area contributed by atoms with Crippen LogP contribution in [0.15, 0.2) is 24.3 Å². The van der Waals surface area contributed by atoms with Gasteiger partial charge in [-0.3, -0.25) is 0 Å². The number of anilines is 1. The Morgan fingerprint density at radius 2 is 1.83 bits per heavy atom. The molecule has 94 valence electrons. The Labute approximate surface area is 106 Å². The highest BCUT2D eigenvalue weighted by Crippen LogP contribution is 2.21. The molecule has 2 N–H and O–H groups in total. The number of nitrogen functional groups attached to an aromatic ring is 1. The number of hydrogen-bond donors (Lipinski definition) is 1. The predicted octanol–water partition coefficient (Wildman–Crippen LogP) is 2.22. The number of nitrogens with zero attached hydrogens (tertiary/aromatic N) is 3. The molecule has 1 heterocycles. The van der Waals surface area contributed by atoms with E-state index < -0.39 is 0 Å². The maximum Gasteiger partial charge on any atom is 0.322 e. The number of aromatic nitrogens is 3. The average molecular weight is 244 g/mol. The average Bonchev–Trinajstić information content (AvgIpc) is 2.27. The minimum Gasteiger partial charge on any atom is -0.461 e. The molecule has 5 heteroatoms. The molecule has 0 amide bonds. The normalized spacial score (nSPS) is 10.7. The van der Waals surface area contributed by atoms with Crippen molar-refractivity contribution < 1.29 is 4.74 Å².